The number of hydrogen-bond acceptors (Lipinski definition) is 3. The summed E-state index contributed by atoms with van der Waals surface area (Å²) in [4.78, 5) is 10.6. The maximum Gasteiger partial charge on any atom is 0.234 e. The number of halogens is 1. The van der Waals surface area contributed by atoms with Crippen LogP contribution < -0.4 is 5.32 Å². The molecule has 1 rings (SSSR count). The fourth-order valence-electron chi connectivity index (χ4n) is 0.964. The molecule has 0 spiro atoms. The highest BCUT2D eigenvalue weighted by Gasteiger charge is 2.35. The van der Waals surface area contributed by atoms with E-state index < -0.39 is 5.60 Å². The van der Waals surface area contributed by atoms with Crippen LogP contribution in [0.4, 0.5) is 0 Å². The number of carbonyl (C=O) groups is 1. The molecule has 1 saturated heterocycles. The molecular formula is C7H12ClNO3. The molecule has 4 nitrogen and oxygen atoms in total. The van der Waals surface area contributed by atoms with Gasteiger partial charge in [-0.1, -0.05) is 0 Å². The lowest BCUT2D eigenvalue weighted by Crippen LogP contribution is -2.51. The molecule has 0 radical (unpaired) electrons. The lowest BCUT2D eigenvalue weighted by atomic mass is 9.98. The summed E-state index contributed by atoms with van der Waals surface area (Å²) < 4.78 is 4.83. The van der Waals surface area contributed by atoms with Crippen molar-refractivity contribution in [3.8, 4) is 0 Å². The third-order valence-corrected chi connectivity index (χ3v) is 2.02. The third kappa shape index (κ3) is 2.62. The minimum atomic E-state index is -0.723. The number of rotatable bonds is 4. The van der Waals surface area contributed by atoms with E-state index in [-0.39, 0.29) is 11.8 Å². The maximum atomic E-state index is 10.6. The van der Waals surface area contributed by atoms with Crippen LogP contribution >= 0.6 is 11.6 Å². The van der Waals surface area contributed by atoms with Crippen molar-refractivity contribution >= 4 is 17.5 Å². The van der Waals surface area contributed by atoms with E-state index in [9.17, 15) is 9.90 Å². The van der Waals surface area contributed by atoms with Crippen molar-refractivity contribution in [1.82, 2.24) is 5.32 Å². The number of ether oxygens (including phenoxy) is 1. The zero-order chi connectivity index (χ0) is 9.03. The maximum absolute atomic E-state index is 10.6. The first-order valence-electron chi connectivity index (χ1n) is 3.79. The van der Waals surface area contributed by atoms with Crippen LogP contribution in [0.2, 0.25) is 0 Å². The minimum absolute atomic E-state index is 0.0328. The average Bonchev–Trinajstić information content (AvgIpc) is 2.01. The molecule has 5 heteroatoms. The predicted octanol–water partition coefficient (Wildman–Crippen LogP) is -0.507. The van der Waals surface area contributed by atoms with Gasteiger partial charge in [0.05, 0.1) is 13.2 Å². The van der Waals surface area contributed by atoms with Crippen molar-refractivity contribution < 1.29 is 14.6 Å². The summed E-state index contributed by atoms with van der Waals surface area (Å²) in [7, 11) is 0. The molecule has 12 heavy (non-hydrogen) atoms. The highest BCUT2D eigenvalue weighted by molar-refractivity contribution is 6.27. The van der Waals surface area contributed by atoms with Crippen LogP contribution in [0.25, 0.3) is 0 Å². The number of hydrogen-bond donors (Lipinski definition) is 2. The second-order valence-corrected chi connectivity index (χ2v) is 3.22. The Hall–Kier alpha value is -0.320. The predicted molar refractivity (Wildman–Crippen MR) is 44.1 cm³/mol. The van der Waals surface area contributed by atoms with Crippen molar-refractivity contribution in [2.45, 2.75) is 12.0 Å². The molecule has 0 unspecified atom stereocenters. The highest BCUT2D eigenvalue weighted by atomic mass is 35.5. The fourth-order valence-corrected chi connectivity index (χ4v) is 1.06. The summed E-state index contributed by atoms with van der Waals surface area (Å²) in [5.74, 6) is -0.241. The molecule has 1 aliphatic rings. The van der Waals surface area contributed by atoms with E-state index in [4.69, 9.17) is 16.3 Å². The smallest absolute Gasteiger partial charge is 0.234 e. The molecule has 0 bridgehead atoms. The van der Waals surface area contributed by atoms with E-state index >= 15 is 0 Å². The van der Waals surface area contributed by atoms with E-state index in [1.165, 1.54) is 0 Å². The molecule has 2 N–H and O–H groups in total. The molecule has 1 amide bonds. The first-order chi connectivity index (χ1) is 5.66. The molecule has 0 aromatic carbocycles. The van der Waals surface area contributed by atoms with Crippen LogP contribution in [0.1, 0.15) is 6.42 Å². The summed E-state index contributed by atoms with van der Waals surface area (Å²) in [5.41, 5.74) is -0.723. The van der Waals surface area contributed by atoms with E-state index in [2.05, 4.69) is 5.32 Å². The molecule has 0 atom stereocenters. The van der Waals surface area contributed by atoms with E-state index in [1.54, 1.807) is 0 Å². The second kappa shape index (κ2) is 4.07. The Balaban J connectivity index is 2.05. The zero-order valence-electron chi connectivity index (χ0n) is 6.68. The van der Waals surface area contributed by atoms with Gasteiger partial charge in [0.15, 0.2) is 0 Å². The molecule has 1 heterocycles. The van der Waals surface area contributed by atoms with Gasteiger partial charge in [0.2, 0.25) is 5.91 Å². The van der Waals surface area contributed by atoms with Crippen molar-refractivity contribution in [3.05, 3.63) is 0 Å². The monoisotopic (exact) mass is 193 g/mol. The van der Waals surface area contributed by atoms with Gasteiger partial charge in [-0.15, -0.1) is 11.6 Å². The van der Waals surface area contributed by atoms with Gasteiger partial charge in [0.1, 0.15) is 11.5 Å². The molecule has 0 aliphatic carbocycles. The van der Waals surface area contributed by atoms with Crippen LogP contribution in [0.5, 0.6) is 0 Å². The zero-order valence-corrected chi connectivity index (χ0v) is 7.43. The summed E-state index contributed by atoms with van der Waals surface area (Å²) >= 11 is 5.25. The van der Waals surface area contributed by atoms with Gasteiger partial charge in [-0.2, -0.15) is 0 Å². The number of alkyl halides is 1. The Morgan fingerprint density at radius 2 is 2.33 bits per heavy atom. The molecule has 0 saturated carbocycles. The van der Waals surface area contributed by atoms with Gasteiger partial charge in [-0.25, -0.2) is 0 Å². The number of carbonyl (C=O) groups excluding carboxylic acids is 1. The van der Waals surface area contributed by atoms with Gasteiger partial charge in [0.25, 0.3) is 0 Å². The minimum Gasteiger partial charge on any atom is -0.385 e. The Morgan fingerprint density at radius 1 is 1.67 bits per heavy atom. The topological polar surface area (TPSA) is 58.6 Å². The summed E-state index contributed by atoms with van der Waals surface area (Å²) in [5, 5.41) is 12.1. The van der Waals surface area contributed by atoms with Crippen LogP contribution in [-0.4, -0.2) is 42.3 Å². The molecule has 1 fully saturated rings. The Kier molecular flexibility index (Phi) is 3.31. The highest BCUT2D eigenvalue weighted by Crippen LogP contribution is 2.19. The number of amides is 1. The molecule has 1 aliphatic heterocycles. The third-order valence-electron chi connectivity index (χ3n) is 1.78. The lowest BCUT2D eigenvalue weighted by molar-refractivity contribution is -0.180. The largest absolute Gasteiger partial charge is 0.385 e. The standard InChI is InChI=1S/C7H12ClNO3/c8-3-6(10)9-2-1-7(11)4-12-5-7/h11H,1-5H2,(H,9,10). The first kappa shape index (κ1) is 9.77. The molecular weight excluding hydrogens is 182 g/mol. The Morgan fingerprint density at radius 3 is 2.75 bits per heavy atom. The normalized spacial score (nSPS) is 19.8. The van der Waals surface area contributed by atoms with Crippen molar-refractivity contribution in [1.29, 1.82) is 0 Å². The van der Waals surface area contributed by atoms with Crippen LogP contribution in [0.15, 0.2) is 0 Å². The molecule has 0 aromatic heterocycles. The van der Waals surface area contributed by atoms with Crippen molar-refractivity contribution in [3.63, 3.8) is 0 Å². The van der Waals surface area contributed by atoms with Gasteiger partial charge in [-0.3, -0.25) is 4.79 Å². The van der Waals surface area contributed by atoms with Gasteiger partial charge in [-0.05, 0) is 6.42 Å². The second-order valence-electron chi connectivity index (χ2n) is 2.95. The van der Waals surface area contributed by atoms with Crippen molar-refractivity contribution in [2.75, 3.05) is 25.6 Å². The van der Waals surface area contributed by atoms with Crippen molar-refractivity contribution in [2.24, 2.45) is 0 Å². The Bertz CT molecular complexity index is 170. The van der Waals surface area contributed by atoms with E-state index in [1.807, 2.05) is 0 Å². The summed E-state index contributed by atoms with van der Waals surface area (Å²) in [6, 6.07) is 0. The Labute approximate surface area is 75.8 Å². The van der Waals surface area contributed by atoms with Crippen LogP contribution in [0.3, 0.4) is 0 Å². The quantitative estimate of drug-likeness (QED) is 0.592. The molecule has 70 valence electrons. The number of nitrogens with one attached hydrogen (secondary N) is 1. The fraction of sp³-hybridized carbons (Fsp3) is 0.857. The van der Waals surface area contributed by atoms with E-state index in [0.717, 1.165) is 0 Å². The van der Waals surface area contributed by atoms with Crippen LogP contribution in [-0.2, 0) is 9.53 Å². The van der Waals surface area contributed by atoms with Gasteiger partial charge in [0, 0.05) is 6.54 Å². The average molecular weight is 194 g/mol. The lowest BCUT2D eigenvalue weighted by Gasteiger charge is -2.36. The van der Waals surface area contributed by atoms with Gasteiger partial charge < -0.3 is 15.2 Å². The van der Waals surface area contributed by atoms with Gasteiger partial charge >= 0.3 is 0 Å². The first-order valence-corrected chi connectivity index (χ1v) is 4.32. The number of aliphatic hydroxyl groups is 1. The summed E-state index contributed by atoms with van der Waals surface area (Å²) in [6.45, 7) is 1.18. The molecule has 0 aromatic rings. The summed E-state index contributed by atoms with van der Waals surface area (Å²) in [6.07, 6.45) is 0.523. The van der Waals surface area contributed by atoms with E-state index in [0.29, 0.717) is 26.2 Å². The SMILES string of the molecule is O=C(CCl)NCCC1(O)COC1. The van der Waals surface area contributed by atoms with Crippen LogP contribution in [0, 0.1) is 0 Å².